The molecule has 0 atom stereocenters. The molecule has 0 aliphatic heterocycles. The van der Waals surface area contributed by atoms with Crippen LogP contribution in [0.1, 0.15) is 28.6 Å². The molecule has 11 heavy (non-hydrogen) atoms. The number of nitrogens with zero attached hydrogens (tertiary/aromatic N) is 2. The molecule has 1 aromatic rings. The number of halogens is 1. The van der Waals surface area contributed by atoms with Crippen LogP contribution in [0.2, 0.25) is 5.15 Å². The largest absolute Gasteiger partial charge is 0.228 e. The third-order valence-corrected chi connectivity index (χ3v) is 3.14. The Morgan fingerprint density at radius 3 is 2.82 bits per heavy atom. The minimum absolute atomic E-state index is 0.374. The van der Waals surface area contributed by atoms with E-state index in [-0.39, 0.29) is 0 Å². The summed E-state index contributed by atoms with van der Waals surface area (Å²) in [6.07, 6.45) is 2.41. The maximum Gasteiger partial charge on any atom is 0.158 e. The monoisotopic (exact) mass is 184 g/mol. The second kappa shape index (κ2) is 2.47. The minimum Gasteiger partial charge on any atom is -0.228 e. The van der Waals surface area contributed by atoms with Gasteiger partial charge in [-0.15, -0.1) is 11.3 Å². The van der Waals surface area contributed by atoms with Crippen LogP contribution in [-0.2, 0) is 0 Å². The Balaban J connectivity index is 2.38. The Hall–Kier alpha value is -0.590. The van der Waals surface area contributed by atoms with Crippen LogP contribution in [0.25, 0.3) is 0 Å². The Kier molecular flexibility index (Phi) is 1.59. The molecule has 56 valence electrons. The first kappa shape index (κ1) is 7.08. The predicted octanol–water partition coefficient (Wildman–Crippen LogP) is 2.55. The van der Waals surface area contributed by atoms with Crippen molar-refractivity contribution in [1.82, 2.24) is 4.98 Å². The number of thiazole rings is 1. The van der Waals surface area contributed by atoms with Crippen molar-refractivity contribution < 1.29 is 0 Å². The Bertz CT molecular complexity index is 322. The maximum atomic E-state index is 8.57. The molecule has 0 N–H and O–H groups in total. The molecule has 1 saturated carbocycles. The van der Waals surface area contributed by atoms with Crippen molar-refractivity contribution in [2.75, 3.05) is 0 Å². The molecule has 4 heteroatoms. The van der Waals surface area contributed by atoms with Crippen molar-refractivity contribution in [3.05, 3.63) is 15.0 Å². The molecule has 0 unspecified atom stereocenters. The van der Waals surface area contributed by atoms with Crippen molar-refractivity contribution >= 4 is 22.9 Å². The molecular weight excluding hydrogens is 180 g/mol. The fraction of sp³-hybridized carbons (Fsp3) is 0.429. The van der Waals surface area contributed by atoms with E-state index in [1.165, 1.54) is 24.2 Å². The zero-order chi connectivity index (χ0) is 7.84. The second-order valence-electron chi connectivity index (χ2n) is 2.56. The van der Waals surface area contributed by atoms with E-state index < -0.39 is 0 Å². The van der Waals surface area contributed by atoms with E-state index in [1.54, 1.807) is 0 Å². The summed E-state index contributed by atoms with van der Waals surface area (Å²) in [5.74, 6) is 0.597. The first-order chi connectivity index (χ1) is 5.31. The summed E-state index contributed by atoms with van der Waals surface area (Å²) in [5.41, 5.74) is 0. The van der Waals surface area contributed by atoms with E-state index in [2.05, 4.69) is 4.98 Å². The van der Waals surface area contributed by atoms with Gasteiger partial charge in [0.1, 0.15) is 10.9 Å². The molecule has 2 rings (SSSR count). The summed E-state index contributed by atoms with van der Waals surface area (Å²) >= 11 is 7.12. The summed E-state index contributed by atoms with van der Waals surface area (Å²) in [4.78, 5) is 4.65. The van der Waals surface area contributed by atoms with Gasteiger partial charge in [-0.2, -0.15) is 5.26 Å². The van der Waals surface area contributed by atoms with E-state index in [0.29, 0.717) is 15.9 Å². The minimum atomic E-state index is 0.374. The van der Waals surface area contributed by atoms with E-state index in [1.807, 2.05) is 6.07 Å². The van der Waals surface area contributed by atoms with Gasteiger partial charge in [0.2, 0.25) is 0 Å². The van der Waals surface area contributed by atoms with E-state index in [9.17, 15) is 0 Å². The highest BCUT2D eigenvalue weighted by molar-refractivity contribution is 7.12. The van der Waals surface area contributed by atoms with Crippen LogP contribution in [-0.4, -0.2) is 4.98 Å². The highest BCUT2D eigenvalue weighted by Crippen LogP contribution is 2.43. The smallest absolute Gasteiger partial charge is 0.158 e. The Labute approximate surface area is 73.4 Å². The molecule has 0 amide bonds. The summed E-state index contributed by atoms with van der Waals surface area (Å²) in [6, 6.07) is 2.02. The Morgan fingerprint density at radius 1 is 1.64 bits per heavy atom. The van der Waals surface area contributed by atoms with E-state index in [4.69, 9.17) is 16.9 Å². The van der Waals surface area contributed by atoms with Crippen molar-refractivity contribution in [2.45, 2.75) is 18.8 Å². The lowest BCUT2D eigenvalue weighted by Gasteiger charge is -1.81. The first-order valence-electron chi connectivity index (χ1n) is 3.37. The van der Waals surface area contributed by atoms with Gasteiger partial charge in [-0.25, -0.2) is 4.98 Å². The van der Waals surface area contributed by atoms with Crippen molar-refractivity contribution in [3.63, 3.8) is 0 Å². The lowest BCUT2D eigenvalue weighted by molar-refractivity contribution is 1.08. The molecule has 0 radical (unpaired) electrons. The molecule has 1 aliphatic carbocycles. The topological polar surface area (TPSA) is 36.7 Å². The number of hydrogen-bond acceptors (Lipinski definition) is 3. The average molecular weight is 185 g/mol. The van der Waals surface area contributed by atoms with Gasteiger partial charge in [0.25, 0.3) is 0 Å². The van der Waals surface area contributed by atoms with Gasteiger partial charge in [0.05, 0.1) is 5.01 Å². The first-order valence-corrected chi connectivity index (χ1v) is 4.57. The number of rotatable bonds is 1. The molecule has 0 saturated heterocycles. The molecule has 2 nitrogen and oxygen atoms in total. The SMILES string of the molecule is N#Cc1sc(C2CC2)nc1Cl. The van der Waals surface area contributed by atoms with E-state index >= 15 is 0 Å². The number of aromatic nitrogens is 1. The summed E-state index contributed by atoms with van der Waals surface area (Å²) in [7, 11) is 0. The van der Waals surface area contributed by atoms with Crippen molar-refractivity contribution in [3.8, 4) is 6.07 Å². The third-order valence-electron chi connectivity index (χ3n) is 1.63. The zero-order valence-electron chi connectivity index (χ0n) is 5.67. The van der Waals surface area contributed by atoms with Gasteiger partial charge in [-0.3, -0.25) is 0 Å². The Morgan fingerprint density at radius 2 is 2.36 bits per heavy atom. The molecule has 1 aromatic heterocycles. The summed E-state index contributed by atoms with van der Waals surface area (Å²) in [5, 5.41) is 9.98. The molecule has 0 aromatic carbocycles. The number of nitriles is 1. The van der Waals surface area contributed by atoms with Crippen molar-refractivity contribution in [1.29, 1.82) is 5.26 Å². The van der Waals surface area contributed by atoms with Crippen molar-refractivity contribution in [2.24, 2.45) is 0 Å². The average Bonchev–Trinajstić information content (AvgIpc) is 2.76. The maximum absolute atomic E-state index is 8.57. The quantitative estimate of drug-likeness (QED) is 0.673. The third kappa shape index (κ3) is 1.24. The lowest BCUT2D eigenvalue weighted by Crippen LogP contribution is -1.72. The van der Waals surface area contributed by atoms with Crippen LogP contribution < -0.4 is 0 Å². The normalized spacial score (nSPS) is 16.4. The van der Waals surface area contributed by atoms with Gasteiger partial charge >= 0.3 is 0 Å². The van der Waals surface area contributed by atoms with Crippen LogP contribution in [0.4, 0.5) is 0 Å². The second-order valence-corrected chi connectivity index (χ2v) is 3.95. The van der Waals surface area contributed by atoms with E-state index in [0.717, 1.165) is 5.01 Å². The van der Waals surface area contributed by atoms with Gasteiger partial charge in [-0.1, -0.05) is 11.6 Å². The predicted molar refractivity (Wildman–Crippen MR) is 43.8 cm³/mol. The van der Waals surface area contributed by atoms with Crippen LogP contribution in [0.5, 0.6) is 0 Å². The number of hydrogen-bond donors (Lipinski definition) is 0. The molecule has 0 bridgehead atoms. The van der Waals surface area contributed by atoms with Gasteiger partial charge < -0.3 is 0 Å². The van der Waals surface area contributed by atoms with Crippen LogP contribution in [0.3, 0.4) is 0 Å². The van der Waals surface area contributed by atoms with Crippen LogP contribution in [0, 0.1) is 11.3 Å². The molecular formula is C7H5ClN2S. The highest BCUT2D eigenvalue weighted by Gasteiger charge is 2.27. The van der Waals surface area contributed by atoms with Gasteiger partial charge in [0, 0.05) is 5.92 Å². The van der Waals surface area contributed by atoms with Crippen LogP contribution in [0.15, 0.2) is 0 Å². The van der Waals surface area contributed by atoms with Crippen LogP contribution >= 0.6 is 22.9 Å². The molecule has 1 aliphatic rings. The van der Waals surface area contributed by atoms with Gasteiger partial charge in [-0.05, 0) is 12.8 Å². The molecule has 1 fully saturated rings. The highest BCUT2D eigenvalue weighted by atomic mass is 35.5. The van der Waals surface area contributed by atoms with Gasteiger partial charge in [0.15, 0.2) is 5.15 Å². The fourth-order valence-electron chi connectivity index (χ4n) is 0.891. The standard InChI is InChI=1S/C7H5ClN2S/c8-6-5(3-9)11-7(10-6)4-1-2-4/h4H,1-2H2. The molecule has 1 heterocycles. The summed E-state index contributed by atoms with van der Waals surface area (Å²) < 4.78 is 0. The zero-order valence-corrected chi connectivity index (χ0v) is 7.24. The lowest BCUT2D eigenvalue weighted by atomic mass is 10.5. The molecule has 0 spiro atoms. The fourth-order valence-corrected chi connectivity index (χ4v) is 2.11. The summed E-state index contributed by atoms with van der Waals surface area (Å²) in [6.45, 7) is 0.